The Morgan fingerprint density at radius 2 is 1.05 bits per heavy atom. The van der Waals surface area contributed by atoms with Gasteiger partial charge < -0.3 is 4.74 Å². The summed E-state index contributed by atoms with van der Waals surface area (Å²) in [5.41, 5.74) is 0. The van der Waals surface area contributed by atoms with E-state index in [1.54, 1.807) is 13.7 Å². The molecule has 0 N–H and O–H groups in total. The molecule has 0 aromatic carbocycles. The second kappa shape index (κ2) is 19.7. The van der Waals surface area contributed by atoms with Gasteiger partial charge in [-0.05, 0) is 12.8 Å². The first-order chi connectivity index (χ1) is 10.4. The van der Waals surface area contributed by atoms with Crippen LogP contribution in [0.3, 0.4) is 0 Å². The van der Waals surface area contributed by atoms with E-state index in [-0.39, 0.29) is 0 Å². The topological polar surface area (TPSA) is 9.23 Å². The van der Waals surface area contributed by atoms with Crippen LogP contribution in [0.15, 0.2) is 12.2 Å². The van der Waals surface area contributed by atoms with E-state index in [2.05, 4.69) is 13.0 Å². The molecule has 125 valence electrons. The molecule has 0 unspecified atom stereocenters. The Morgan fingerprint density at radius 3 is 1.48 bits per heavy atom. The highest BCUT2D eigenvalue weighted by atomic mass is 16.5. The van der Waals surface area contributed by atoms with Gasteiger partial charge in [0.25, 0.3) is 0 Å². The zero-order valence-electron chi connectivity index (χ0n) is 14.7. The molecule has 0 fully saturated rings. The lowest BCUT2D eigenvalue weighted by Gasteiger charge is -2.02. The van der Waals surface area contributed by atoms with Crippen LogP contribution in [-0.4, -0.2) is 7.11 Å². The van der Waals surface area contributed by atoms with Crippen molar-refractivity contribution in [2.75, 3.05) is 7.11 Å². The van der Waals surface area contributed by atoms with Gasteiger partial charge in [0.15, 0.2) is 0 Å². The molecule has 0 aromatic heterocycles. The summed E-state index contributed by atoms with van der Waals surface area (Å²) in [6, 6.07) is 0. The van der Waals surface area contributed by atoms with Crippen molar-refractivity contribution in [2.24, 2.45) is 0 Å². The highest BCUT2D eigenvalue weighted by Crippen LogP contribution is 2.13. The molecule has 21 heavy (non-hydrogen) atoms. The number of ether oxygens (including phenoxy) is 1. The van der Waals surface area contributed by atoms with Gasteiger partial charge in [-0.25, -0.2) is 0 Å². The SMILES string of the molecule is CCCCCCCCCCCCCCCCC=C[CH]OC. The first-order valence-corrected chi connectivity index (χ1v) is 9.43. The zero-order chi connectivity index (χ0) is 15.4. The third kappa shape index (κ3) is 19.7. The minimum absolute atomic E-state index is 1.19. The van der Waals surface area contributed by atoms with Gasteiger partial charge in [-0.2, -0.15) is 0 Å². The van der Waals surface area contributed by atoms with E-state index >= 15 is 0 Å². The van der Waals surface area contributed by atoms with Crippen LogP contribution in [0, 0.1) is 6.61 Å². The Bertz CT molecular complexity index is 198. The van der Waals surface area contributed by atoms with E-state index < -0.39 is 0 Å². The van der Waals surface area contributed by atoms with Crippen LogP contribution in [0.2, 0.25) is 0 Å². The average molecular weight is 296 g/mol. The summed E-state index contributed by atoms with van der Waals surface area (Å²) in [7, 11) is 1.69. The van der Waals surface area contributed by atoms with Crippen LogP contribution in [-0.2, 0) is 4.74 Å². The van der Waals surface area contributed by atoms with Crippen molar-refractivity contribution in [3.63, 3.8) is 0 Å². The highest BCUT2D eigenvalue weighted by Gasteiger charge is 1.93. The molecular weight excluding hydrogens is 256 g/mol. The molecule has 0 aliphatic carbocycles. The molecule has 0 saturated heterocycles. The molecule has 0 rings (SSSR count). The summed E-state index contributed by atoms with van der Waals surface area (Å²) < 4.78 is 4.85. The molecule has 0 aromatic rings. The van der Waals surface area contributed by atoms with Crippen LogP contribution >= 0.6 is 0 Å². The van der Waals surface area contributed by atoms with E-state index in [1.165, 1.54) is 96.3 Å². The Hall–Kier alpha value is -0.300. The Morgan fingerprint density at radius 1 is 0.619 bits per heavy atom. The number of allylic oxidation sites excluding steroid dienone is 1. The lowest BCUT2D eigenvalue weighted by Crippen LogP contribution is -1.83. The second-order valence-corrected chi connectivity index (χ2v) is 6.18. The number of methoxy groups -OCH3 is 1. The van der Waals surface area contributed by atoms with E-state index in [0.29, 0.717) is 0 Å². The maximum atomic E-state index is 4.85. The third-order valence-corrected chi connectivity index (χ3v) is 4.08. The summed E-state index contributed by atoms with van der Waals surface area (Å²) in [6.45, 7) is 4.03. The monoisotopic (exact) mass is 295 g/mol. The molecule has 0 atom stereocenters. The van der Waals surface area contributed by atoms with Crippen LogP contribution in [0.4, 0.5) is 0 Å². The number of hydrogen-bond acceptors (Lipinski definition) is 1. The molecule has 1 heteroatoms. The van der Waals surface area contributed by atoms with E-state index in [0.717, 1.165) is 0 Å². The van der Waals surface area contributed by atoms with Crippen molar-refractivity contribution in [3.05, 3.63) is 18.8 Å². The summed E-state index contributed by atoms with van der Waals surface area (Å²) >= 11 is 0. The third-order valence-electron chi connectivity index (χ3n) is 4.08. The van der Waals surface area contributed by atoms with Crippen molar-refractivity contribution >= 4 is 0 Å². The number of hydrogen-bond donors (Lipinski definition) is 0. The molecule has 0 heterocycles. The molecule has 0 amide bonds. The standard InChI is InChI=1S/C20H39O/c1-3-4-5-6-7-8-9-10-11-12-13-14-15-16-17-18-19-20-21-2/h18-20H,3-17H2,1-2H3. The van der Waals surface area contributed by atoms with E-state index in [4.69, 9.17) is 4.74 Å². The van der Waals surface area contributed by atoms with Crippen LogP contribution < -0.4 is 0 Å². The molecular formula is C20H39O. The summed E-state index contributed by atoms with van der Waals surface area (Å²) in [5, 5.41) is 0. The molecule has 1 radical (unpaired) electrons. The average Bonchev–Trinajstić information content (AvgIpc) is 2.50. The van der Waals surface area contributed by atoms with Crippen LogP contribution in [0.5, 0.6) is 0 Å². The molecule has 0 spiro atoms. The van der Waals surface area contributed by atoms with E-state index in [1.807, 2.05) is 6.08 Å². The van der Waals surface area contributed by atoms with Gasteiger partial charge in [-0.15, -0.1) is 0 Å². The second-order valence-electron chi connectivity index (χ2n) is 6.18. The zero-order valence-corrected chi connectivity index (χ0v) is 14.7. The van der Waals surface area contributed by atoms with Gasteiger partial charge in [0, 0.05) is 7.11 Å². The molecule has 0 saturated carbocycles. The summed E-state index contributed by atoms with van der Waals surface area (Å²) in [4.78, 5) is 0. The normalized spacial score (nSPS) is 11.5. The van der Waals surface area contributed by atoms with Crippen molar-refractivity contribution in [1.29, 1.82) is 0 Å². The predicted octanol–water partition coefficient (Wildman–Crippen LogP) is 7.22. The molecule has 0 aliphatic rings. The molecule has 0 bridgehead atoms. The largest absolute Gasteiger partial charge is 0.374 e. The minimum atomic E-state index is 1.19. The van der Waals surface area contributed by atoms with Gasteiger partial charge in [-0.3, -0.25) is 0 Å². The Balaban J connectivity index is 2.96. The smallest absolute Gasteiger partial charge is 0.105 e. The fourth-order valence-electron chi connectivity index (χ4n) is 2.69. The summed E-state index contributed by atoms with van der Waals surface area (Å²) in [6.07, 6.45) is 25.4. The van der Waals surface area contributed by atoms with Crippen molar-refractivity contribution < 1.29 is 4.74 Å². The molecule has 1 nitrogen and oxygen atoms in total. The molecule has 0 aliphatic heterocycles. The Kier molecular flexibility index (Phi) is 19.4. The van der Waals surface area contributed by atoms with Crippen molar-refractivity contribution in [3.8, 4) is 0 Å². The maximum Gasteiger partial charge on any atom is 0.105 e. The lowest BCUT2D eigenvalue weighted by molar-refractivity contribution is 0.296. The van der Waals surface area contributed by atoms with Gasteiger partial charge in [0.05, 0.1) is 0 Å². The van der Waals surface area contributed by atoms with Gasteiger partial charge in [0.1, 0.15) is 6.61 Å². The summed E-state index contributed by atoms with van der Waals surface area (Å²) in [5.74, 6) is 0. The van der Waals surface area contributed by atoms with Crippen molar-refractivity contribution in [2.45, 2.75) is 103 Å². The minimum Gasteiger partial charge on any atom is -0.374 e. The maximum absolute atomic E-state index is 4.85. The lowest BCUT2D eigenvalue weighted by atomic mass is 10.0. The van der Waals surface area contributed by atoms with Gasteiger partial charge in [0.2, 0.25) is 0 Å². The highest BCUT2D eigenvalue weighted by molar-refractivity contribution is 4.88. The fourth-order valence-corrected chi connectivity index (χ4v) is 2.69. The first-order valence-electron chi connectivity index (χ1n) is 9.43. The van der Waals surface area contributed by atoms with Gasteiger partial charge >= 0.3 is 0 Å². The van der Waals surface area contributed by atoms with Crippen molar-refractivity contribution in [1.82, 2.24) is 0 Å². The van der Waals surface area contributed by atoms with Gasteiger partial charge in [-0.1, -0.05) is 103 Å². The number of unbranched alkanes of at least 4 members (excludes halogenated alkanes) is 14. The number of rotatable bonds is 17. The van der Waals surface area contributed by atoms with Crippen LogP contribution in [0.1, 0.15) is 103 Å². The first kappa shape index (κ1) is 20.7. The quantitative estimate of drug-likeness (QED) is 0.257. The predicted molar refractivity (Wildman–Crippen MR) is 95.4 cm³/mol. The fraction of sp³-hybridized carbons (Fsp3) is 0.850. The van der Waals surface area contributed by atoms with Crippen LogP contribution in [0.25, 0.3) is 0 Å². The Labute approximate surface area is 134 Å². The van der Waals surface area contributed by atoms with E-state index in [9.17, 15) is 0 Å².